The SMILES string of the molecule is NC(N)=NCCC[C@@H](C=O)NC(=O)CCCNC(=O)CCCCCCCCCCCCCCCCCCC(=O)O. The molecule has 0 aliphatic carbocycles. The summed E-state index contributed by atoms with van der Waals surface area (Å²) in [7, 11) is 0. The van der Waals surface area contributed by atoms with Crippen molar-refractivity contribution in [2.24, 2.45) is 16.5 Å². The summed E-state index contributed by atoms with van der Waals surface area (Å²) in [6.07, 6.45) is 22.4. The van der Waals surface area contributed by atoms with Crippen molar-refractivity contribution in [1.29, 1.82) is 0 Å². The third-order valence-electron chi connectivity index (χ3n) is 6.93. The van der Waals surface area contributed by atoms with Crippen molar-refractivity contribution in [2.75, 3.05) is 13.1 Å². The monoisotopic (exact) mass is 567 g/mol. The highest BCUT2D eigenvalue weighted by molar-refractivity contribution is 5.79. The van der Waals surface area contributed by atoms with E-state index in [2.05, 4.69) is 15.6 Å². The van der Waals surface area contributed by atoms with Gasteiger partial charge in [0.25, 0.3) is 0 Å². The van der Waals surface area contributed by atoms with Crippen molar-refractivity contribution in [3.63, 3.8) is 0 Å². The van der Waals surface area contributed by atoms with Crippen LogP contribution in [0, 0.1) is 0 Å². The highest BCUT2D eigenvalue weighted by Gasteiger charge is 2.11. The fourth-order valence-corrected chi connectivity index (χ4v) is 4.57. The van der Waals surface area contributed by atoms with Crippen LogP contribution in [0.3, 0.4) is 0 Å². The van der Waals surface area contributed by atoms with E-state index in [0.717, 1.165) is 38.4 Å². The predicted octanol–water partition coefficient (Wildman–Crippen LogP) is 4.73. The van der Waals surface area contributed by atoms with E-state index >= 15 is 0 Å². The van der Waals surface area contributed by atoms with E-state index in [-0.39, 0.29) is 24.2 Å². The van der Waals surface area contributed by atoms with Crippen LogP contribution in [0.1, 0.15) is 141 Å². The van der Waals surface area contributed by atoms with Gasteiger partial charge < -0.3 is 32.0 Å². The molecule has 0 fully saturated rings. The highest BCUT2D eigenvalue weighted by Crippen LogP contribution is 2.14. The van der Waals surface area contributed by atoms with Gasteiger partial charge in [-0.15, -0.1) is 0 Å². The normalized spacial score (nSPS) is 11.5. The molecule has 10 nitrogen and oxygen atoms in total. The number of carboxylic acids is 1. The number of aldehydes is 1. The van der Waals surface area contributed by atoms with Gasteiger partial charge >= 0.3 is 5.97 Å². The molecule has 0 heterocycles. The lowest BCUT2D eigenvalue weighted by atomic mass is 10.0. The molecule has 7 N–H and O–H groups in total. The minimum absolute atomic E-state index is 0.00882. The van der Waals surface area contributed by atoms with Crippen molar-refractivity contribution < 1.29 is 24.3 Å². The molecular formula is C30H57N5O5. The zero-order valence-electron chi connectivity index (χ0n) is 24.8. The molecule has 0 aromatic rings. The van der Waals surface area contributed by atoms with Crippen LogP contribution in [0.25, 0.3) is 0 Å². The zero-order valence-corrected chi connectivity index (χ0v) is 24.8. The molecule has 0 aliphatic heterocycles. The Balaban J connectivity index is 3.43. The fourth-order valence-electron chi connectivity index (χ4n) is 4.57. The minimum Gasteiger partial charge on any atom is -0.481 e. The lowest BCUT2D eigenvalue weighted by Gasteiger charge is -2.12. The van der Waals surface area contributed by atoms with E-state index in [0.29, 0.717) is 45.2 Å². The predicted molar refractivity (Wildman–Crippen MR) is 161 cm³/mol. The first kappa shape index (κ1) is 37.4. The molecule has 0 aromatic carbocycles. The summed E-state index contributed by atoms with van der Waals surface area (Å²) >= 11 is 0. The van der Waals surface area contributed by atoms with Crippen LogP contribution in [0.15, 0.2) is 4.99 Å². The molecule has 40 heavy (non-hydrogen) atoms. The first-order valence-electron chi connectivity index (χ1n) is 15.6. The van der Waals surface area contributed by atoms with Gasteiger partial charge in [0.2, 0.25) is 11.8 Å². The van der Waals surface area contributed by atoms with E-state index in [4.69, 9.17) is 16.6 Å². The molecule has 0 bridgehead atoms. The van der Waals surface area contributed by atoms with Crippen molar-refractivity contribution in [3.8, 4) is 0 Å². The number of carboxylic acid groups (broad SMARTS) is 1. The van der Waals surface area contributed by atoms with Crippen LogP contribution < -0.4 is 22.1 Å². The number of nitrogens with one attached hydrogen (secondary N) is 2. The minimum atomic E-state index is -0.685. The standard InChI is InChI=1S/C30H57N5O5/c31-30(32)34-24-17-19-26(25-36)35-28(38)21-18-23-33-27(37)20-15-13-11-9-7-5-3-1-2-4-6-8-10-12-14-16-22-29(39)40/h25-26H,1-24H2,(H,33,37)(H,35,38)(H,39,40)(H4,31,32,34)/t26-/m0/s1. The molecule has 0 rings (SSSR count). The van der Waals surface area contributed by atoms with E-state index in [1.807, 2.05) is 0 Å². The second-order valence-corrected chi connectivity index (χ2v) is 10.8. The molecule has 0 saturated heterocycles. The molecule has 0 aliphatic rings. The number of carbonyl (C=O) groups excluding carboxylic acids is 3. The first-order valence-corrected chi connectivity index (χ1v) is 15.6. The Hall–Kier alpha value is -2.65. The third kappa shape index (κ3) is 28.4. The Bertz CT molecular complexity index is 698. The van der Waals surface area contributed by atoms with Crippen LogP contribution in [0.4, 0.5) is 0 Å². The number of unbranched alkanes of at least 4 members (excludes halogenated alkanes) is 15. The molecule has 2 amide bonds. The third-order valence-corrected chi connectivity index (χ3v) is 6.93. The first-order chi connectivity index (χ1) is 19.3. The number of rotatable bonds is 29. The Labute approximate surface area is 241 Å². The Morgan fingerprint density at radius 3 is 1.55 bits per heavy atom. The maximum absolute atomic E-state index is 12.0. The van der Waals surface area contributed by atoms with Crippen molar-refractivity contribution in [1.82, 2.24) is 10.6 Å². The molecular weight excluding hydrogens is 510 g/mol. The molecule has 0 radical (unpaired) electrons. The maximum atomic E-state index is 12.0. The number of nitrogens with zero attached hydrogens (tertiary/aromatic N) is 1. The van der Waals surface area contributed by atoms with Crippen LogP contribution >= 0.6 is 0 Å². The van der Waals surface area contributed by atoms with Crippen LogP contribution in [-0.2, 0) is 19.2 Å². The Morgan fingerprint density at radius 2 is 1.10 bits per heavy atom. The van der Waals surface area contributed by atoms with Gasteiger partial charge in [-0.25, -0.2) is 0 Å². The molecule has 0 unspecified atom stereocenters. The number of aliphatic imine (C=N–C) groups is 1. The lowest BCUT2D eigenvalue weighted by Crippen LogP contribution is -2.36. The average molecular weight is 568 g/mol. The molecule has 232 valence electrons. The molecule has 0 saturated carbocycles. The van der Waals surface area contributed by atoms with Gasteiger partial charge in [-0.1, -0.05) is 89.9 Å². The van der Waals surface area contributed by atoms with Crippen molar-refractivity contribution in [2.45, 2.75) is 147 Å². The molecule has 10 heteroatoms. The second-order valence-electron chi connectivity index (χ2n) is 10.8. The summed E-state index contributed by atoms with van der Waals surface area (Å²) in [5, 5.41) is 14.2. The fraction of sp³-hybridized carbons (Fsp3) is 0.833. The van der Waals surface area contributed by atoms with Crippen molar-refractivity contribution in [3.05, 3.63) is 0 Å². The van der Waals surface area contributed by atoms with Gasteiger partial charge in [0.15, 0.2) is 5.96 Å². The van der Waals surface area contributed by atoms with Gasteiger partial charge in [-0.3, -0.25) is 19.4 Å². The molecule has 0 spiro atoms. The summed E-state index contributed by atoms with van der Waals surface area (Å²) in [6.45, 7) is 0.870. The van der Waals surface area contributed by atoms with Gasteiger partial charge in [-0.05, 0) is 32.1 Å². The molecule has 1 atom stereocenters. The Kier molecular flexibility index (Phi) is 26.1. The van der Waals surface area contributed by atoms with E-state index in [1.165, 1.54) is 70.6 Å². The summed E-state index contributed by atoms with van der Waals surface area (Å²) in [5.74, 6) is -0.847. The van der Waals surface area contributed by atoms with Crippen LogP contribution in [-0.4, -0.2) is 54.3 Å². The van der Waals surface area contributed by atoms with Gasteiger partial charge in [0.1, 0.15) is 6.29 Å². The Morgan fingerprint density at radius 1 is 0.650 bits per heavy atom. The van der Waals surface area contributed by atoms with Crippen LogP contribution in [0.2, 0.25) is 0 Å². The zero-order chi connectivity index (χ0) is 29.7. The van der Waals surface area contributed by atoms with Crippen LogP contribution in [0.5, 0.6) is 0 Å². The largest absolute Gasteiger partial charge is 0.481 e. The van der Waals surface area contributed by atoms with Gasteiger partial charge in [-0.2, -0.15) is 0 Å². The smallest absolute Gasteiger partial charge is 0.303 e. The quantitative estimate of drug-likeness (QED) is 0.0375. The average Bonchev–Trinajstić information content (AvgIpc) is 2.91. The van der Waals surface area contributed by atoms with Gasteiger partial charge in [0.05, 0.1) is 6.04 Å². The number of carbonyl (C=O) groups is 4. The number of guanidine groups is 1. The summed E-state index contributed by atoms with van der Waals surface area (Å²) in [6, 6.07) is -0.549. The van der Waals surface area contributed by atoms with Crippen molar-refractivity contribution >= 4 is 30.0 Å². The van der Waals surface area contributed by atoms with E-state index in [9.17, 15) is 19.2 Å². The highest BCUT2D eigenvalue weighted by atomic mass is 16.4. The van der Waals surface area contributed by atoms with Gasteiger partial charge in [0, 0.05) is 32.4 Å². The summed E-state index contributed by atoms with van der Waals surface area (Å²) < 4.78 is 0. The number of nitrogens with two attached hydrogens (primary N) is 2. The van der Waals surface area contributed by atoms with E-state index < -0.39 is 12.0 Å². The number of hydrogen-bond acceptors (Lipinski definition) is 5. The second kappa shape index (κ2) is 27.9. The van der Waals surface area contributed by atoms with E-state index in [1.54, 1.807) is 0 Å². The summed E-state index contributed by atoms with van der Waals surface area (Å²) in [4.78, 5) is 49.4. The number of aliphatic carboxylic acids is 1. The topological polar surface area (TPSA) is 177 Å². The lowest BCUT2D eigenvalue weighted by molar-refractivity contribution is -0.137. The number of hydrogen-bond donors (Lipinski definition) is 5. The maximum Gasteiger partial charge on any atom is 0.303 e. The number of amides is 2. The summed E-state index contributed by atoms with van der Waals surface area (Å²) in [5.41, 5.74) is 10.5. The molecule has 0 aromatic heterocycles.